The zero-order chi connectivity index (χ0) is 20.9. The van der Waals surface area contributed by atoms with Crippen molar-refractivity contribution in [3.8, 4) is 17.1 Å². The number of amides is 1. The molecular formula is C19H21N5O4S. The van der Waals surface area contributed by atoms with Gasteiger partial charge in [-0.15, -0.1) is 10.2 Å². The van der Waals surface area contributed by atoms with E-state index in [1.807, 2.05) is 30.3 Å². The van der Waals surface area contributed by atoms with Crippen molar-refractivity contribution in [2.24, 2.45) is 0 Å². The first kappa shape index (κ1) is 20.5. The van der Waals surface area contributed by atoms with Gasteiger partial charge in [0.2, 0.25) is 11.7 Å². The molecule has 0 bridgehead atoms. The van der Waals surface area contributed by atoms with Crippen molar-refractivity contribution in [1.82, 2.24) is 20.2 Å². The maximum Gasteiger partial charge on any atom is 0.224 e. The summed E-state index contributed by atoms with van der Waals surface area (Å²) in [4.78, 5) is 13.6. The highest BCUT2D eigenvalue weighted by Gasteiger charge is 2.15. The molecule has 29 heavy (non-hydrogen) atoms. The van der Waals surface area contributed by atoms with Crippen molar-refractivity contribution >= 4 is 21.4 Å². The number of nitrogens with one attached hydrogen (secondary N) is 1. The molecule has 2 N–H and O–H groups in total. The third kappa shape index (κ3) is 5.17. The van der Waals surface area contributed by atoms with Gasteiger partial charge in [-0.2, -0.15) is 4.80 Å². The number of rotatable bonds is 8. The SMILES string of the molecule is CCS(=O)(=O)c1ccc(O)c(NC(=O)CCCn2nnc(-c3ccccc3)n2)c1. The second kappa shape index (κ2) is 8.82. The first-order valence-electron chi connectivity index (χ1n) is 9.08. The molecule has 0 aliphatic heterocycles. The fraction of sp³-hybridized carbons (Fsp3) is 0.263. The van der Waals surface area contributed by atoms with Gasteiger partial charge in [0.05, 0.1) is 22.9 Å². The molecule has 152 valence electrons. The van der Waals surface area contributed by atoms with Crippen LogP contribution in [0.4, 0.5) is 5.69 Å². The van der Waals surface area contributed by atoms with Crippen LogP contribution in [0.15, 0.2) is 53.4 Å². The van der Waals surface area contributed by atoms with E-state index in [0.717, 1.165) is 5.56 Å². The zero-order valence-electron chi connectivity index (χ0n) is 15.8. The Morgan fingerprint density at radius 2 is 1.93 bits per heavy atom. The van der Waals surface area contributed by atoms with Crippen LogP contribution in [0.2, 0.25) is 0 Å². The van der Waals surface area contributed by atoms with E-state index in [-0.39, 0.29) is 34.4 Å². The molecule has 1 heterocycles. The highest BCUT2D eigenvalue weighted by molar-refractivity contribution is 7.91. The van der Waals surface area contributed by atoms with Gasteiger partial charge in [-0.3, -0.25) is 4.79 Å². The van der Waals surface area contributed by atoms with Crippen LogP contribution in [0.3, 0.4) is 0 Å². The van der Waals surface area contributed by atoms with Crippen LogP contribution in [-0.4, -0.2) is 45.4 Å². The van der Waals surface area contributed by atoms with Gasteiger partial charge in [0, 0.05) is 12.0 Å². The van der Waals surface area contributed by atoms with E-state index in [2.05, 4.69) is 20.7 Å². The maximum atomic E-state index is 12.2. The number of carbonyl (C=O) groups excluding carboxylic acids is 1. The van der Waals surface area contributed by atoms with Crippen LogP contribution in [-0.2, 0) is 21.2 Å². The number of carbonyl (C=O) groups is 1. The molecule has 10 heteroatoms. The van der Waals surface area contributed by atoms with Crippen molar-refractivity contribution in [3.05, 3.63) is 48.5 Å². The minimum Gasteiger partial charge on any atom is -0.506 e. The summed E-state index contributed by atoms with van der Waals surface area (Å²) in [5.74, 6) is -0.108. The standard InChI is InChI=1S/C19H21N5O4S/c1-2-29(27,28)15-10-11-17(25)16(13-15)20-18(26)9-6-12-24-22-19(21-23-24)14-7-4-3-5-8-14/h3-5,7-8,10-11,13,25H,2,6,9,12H2,1H3,(H,20,26). The summed E-state index contributed by atoms with van der Waals surface area (Å²) in [5.41, 5.74) is 0.920. The molecule has 0 radical (unpaired) electrons. The second-order valence-electron chi connectivity index (χ2n) is 6.31. The lowest BCUT2D eigenvalue weighted by Gasteiger charge is -2.09. The molecule has 0 unspecified atom stereocenters. The lowest BCUT2D eigenvalue weighted by molar-refractivity contribution is -0.116. The third-order valence-electron chi connectivity index (χ3n) is 4.23. The number of aromatic nitrogens is 4. The monoisotopic (exact) mass is 415 g/mol. The summed E-state index contributed by atoms with van der Waals surface area (Å²) in [5, 5.41) is 24.7. The molecule has 0 fully saturated rings. The molecule has 3 aromatic rings. The predicted octanol–water partition coefficient (Wildman–Crippen LogP) is 2.26. The van der Waals surface area contributed by atoms with Gasteiger partial charge in [0.15, 0.2) is 9.84 Å². The zero-order valence-corrected chi connectivity index (χ0v) is 16.6. The van der Waals surface area contributed by atoms with Crippen LogP contribution in [0.5, 0.6) is 5.75 Å². The normalized spacial score (nSPS) is 11.3. The molecule has 0 saturated heterocycles. The Hall–Kier alpha value is -3.27. The van der Waals surface area contributed by atoms with Gasteiger partial charge >= 0.3 is 0 Å². The average molecular weight is 415 g/mol. The van der Waals surface area contributed by atoms with E-state index in [4.69, 9.17) is 0 Å². The van der Waals surface area contributed by atoms with Crippen molar-refractivity contribution in [3.63, 3.8) is 0 Å². The number of phenolic OH excluding ortho intramolecular Hbond substituents is 1. The number of tetrazole rings is 1. The Kier molecular flexibility index (Phi) is 6.23. The summed E-state index contributed by atoms with van der Waals surface area (Å²) >= 11 is 0. The molecule has 2 aromatic carbocycles. The molecular weight excluding hydrogens is 394 g/mol. The lowest BCUT2D eigenvalue weighted by Crippen LogP contribution is -2.14. The minimum atomic E-state index is -3.44. The number of sulfone groups is 1. The number of aryl methyl sites for hydroxylation is 1. The van der Waals surface area contributed by atoms with Crippen LogP contribution < -0.4 is 5.32 Å². The number of nitrogens with zero attached hydrogens (tertiary/aromatic N) is 4. The molecule has 0 spiro atoms. The maximum absolute atomic E-state index is 12.2. The largest absolute Gasteiger partial charge is 0.506 e. The molecule has 9 nitrogen and oxygen atoms in total. The van der Waals surface area contributed by atoms with Gasteiger partial charge in [-0.05, 0) is 29.8 Å². The predicted molar refractivity (Wildman–Crippen MR) is 107 cm³/mol. The Morgan fingerprint density at radius 1 is 1.17 bits per heavy atom. The number of aromatic hydroxyl groups is 1. The number of hydrogen-bond acceptors (Lipinski definition) is 7. The van der Waals surface area contributed by atoms with Gasteiger partial charge in [0.1, 0.15) is 5.75 Å². The molecule has 1 amide bonds. The Morgan fingerprint density at radius 3 is 2.66 bits per heavy atom. The molecule has 0 aliphatic rings. The number of phenols is 1. The van der Waals surface area contributed by atoms with Gasteiger partial charge in [0.25, 0.3) is 0 Å². The fourth-order valence-electron chi connectivity index (χ4n) is 2.61. The summed E-state index contributed by atoms with van der Waals surface area (Å²) < 4.78 is 23.9. The van der Waals surface area contributed by atoms with E-state index in [1.165, 1.54) is 29.9 Å². The molecule has 0 atom stereocenters. The molecule has 1 aromatic heterocycles. The van der Waals surface area contributed by atoms with Crippen LogP contribution in [0, 0.1) is 0 Å². The third-order valence-corrected chi connectivity index (χ3v) is 5.96. The van der Waals surface area contributed by atoms with Gasteiger partial charge in [-0.25, -0.2) is 8.42 Å². The topological polar surface area (TPSA) is 127 Å². The molecule has 3 rings (SSSR count). The van der Waals surface area contributed by atoms with E-state index in [1.54, 1.807) is 0 Å². The summed E-state index contributed by atoms with van der Waals surface area (Å²) in [7, 11) is -3.44. The van der Waals surface area contributed by atoms with E-state index < -0.39 is 9.84 Å². The van der Waals surface area contributed by atoms with Crippen LogP contribution >= 0.6 is 0 Å². The molecule has 0 saturated carbocycles. The van der Waals surface area contributed by atoms with E-state index in [9.17, 15) is 18.3 Å². The summed E-state index contributed by atoms with van der Waals surface area (Å²) in [6.45, 7) is 1.92. The number of benzene rings is 2. The van der Waals surface area contributed by atoms with Crippen molar-refractivity contribution in [2.75, 3.05) is 11.1 Å². The minimum absolute atomic E-state index is 0.0494. The lowest BCUT2D eigenvalue weighted by atomic mass is 10.2. The quantitative estimate of drug-likeness (QED) is 0.540. The summed E-state index contributed by atoms with van der Waals surface area (Å²) in [6.07, 6.45) is 0.594. The van der Waals surface area contributed by atoms with Crippen LogP contribution in [0.25, 0.3) is 11.4 Å². The van der Waals surface area contributed by atoms with Gasteiger partial charge < -0.3 is 10.4 Å². The van der Waals surface area contributed by atoms with Crippen molar-refractivity contribution in [2.45, 2.75) is 31.2 Å². The van der Waals surface area contributed by atoms with Gasteiger partial charge in [-0.1, -0.05) is 37.3 Å². The van der Waals surface area contributed by atoms with E-state index in [0.29, 0.717) is 18.8 Å². The Labute approximate surface area is 168 Å². The van der Waals surface area contributed by atoms with Crippen LogP contribution in [0.1, 0.15) is 19.8 Å². The fourth-order valence-corrected chi connectivity index (χ4v) is 3.52. The Bertz CT molecular complexity index is 1100. The van der Waals surface area contributed by atoms with Crippen molar-refractivity contribution < 1.29 is 18.3 Å². The average Bonchev–Trinajstić information content (AvgIpc) is 3.19. The smallest absolute Gasteiger partial charge is 0.224 e. The molecule has 0 aliphatic carbocycles. The first-order chi connectivity index (χ1) is 13.9. The first-order valence-corrected chi connectivity index (χ1v) is 10.7. The highest BCUT2D eigenvalue weighted by atomic mass is 32.2. The second-order valence-corrected chi connectivity index (χ2v) is 8.59. The Balaban J connectivity index is 1.56. The highest BCUT2D eigenvalue weighted by Crippen LogP contribution is 2.27. The number of anilines is 1. The number of hydrogen-bond donors (Lipinski definition) is 2. The van der Waals surface area contributed by atoms with Crippen molar-refractivity contribution in [1.29, 1.82) is 0 Å². The van der Waals surface area contributed by atoms with E-state index >= 15 is 0 Å². The summed E-state index contributed by atoms with van der Waals surface area (Å²) in [6, 6.07) is 13.3.